The van der Waals surface area contributed by atoms with Crippen LogP contribution in [0.4, 0.5) is 13.2 Å². The lowest BCUT2D eigenvalue weighted by Gasteiger charge is -2.34. The molecule has 7 nitrogen and oxygen atoms in total. The van der Waals surface area contributed by atoms with E-state index >= 15 is 0 Å². The Hall–Kier alpha value is -2.50. The van der Waals surface area contributed by atoms with Crippen LogP contribution < -0.4 is 14.2 Å². The highest BCUT2D eigenvalue weighted by Crippen LogP contribution is 2.35. The number of sulfonamides is 1. The first-order chi connectivity index (χ1) is 15.2. The average molecular weight is 472 g/mol. The van der Waals surface area contributed by atoms with Crippen LogP contribution in [0, 0.1) is 0 Å². The SMILES string of the molecule is O=S(=O)(c1ccc(C(F)(F)F)cc1)N1CCN(CCCOc2ccc3c(c2)OCO3)CC1. The van der Waals surface area contributed by atoms with Gasteiger partial charge < -0.3 is 19.1 Å². The highest BCUT2D eigenvalue weighted by Gasteiger charge is 2.32. The number of nitrogens with zero attached hydrogens (tertiary/aromatic N) is 2. The summed E-state index contributed by atoms with van der Waals surface area (Å²) in [5, 5.41) is 0. The Labute approximate surface area is 184 Å². The number of fused-ring (bicyclic) bond motifs is 1. The van der Waals surface area contributed by atoms with Crippen LogP contribution in [0.15, 0.2) is 47.4 Å². The van der Waals surface area contributed by atoms with Crippen LogP contribution in [0.1, 0.15) is 12.0 Å². The Kier molecular flexibility index (Phi) is 6.50. The summed E-state index contributed by atoms with van der Waals surface area (Å²) in [6.45, 7) is 3.12. The van der Waals surface area contributed by atoms with Crippen molar-refractivity contribution in [2.24, 2.45) is 0 Å². The molecule has 32 heavy (non-hydrogen) atoms. The summed E-state index contributed by atoms with van der Waals surface area (Å²) in [5.41, 5.74) is -0.871. The Bertz CT molecular complexity index is 1040. The lowest BCUT2D eigenvalue weighted by molar-refractivity contribution is -0.137. The monoisotopic (exact) mass is 472 g/mol. The van der Waals surface area contributed by atoms with Crippen LogP contribution in [-0.2, 0) is 16.2 Å². The minimum absolute atomic E-state index is 0.129. The molecule has 0 N–H and O–H groups in total. The number of hydrogen-bond donors (Lipinski definition) is 0. The third kappa shape index (κ3) is 5.11. The van der Waals surface area contributed by atoms with E-state index in [-0.39, 0.29) is 24.8 Å². The van der Waals surface area contributed by atoms with Crippen molar-refractivity contribution in [1.29, 1.82) is 0 Å². The topological polar surface area (TPSA) is 68.3 Å². The molecule has 174 valence electrons. The lowest BCUT2D eigenvalue weighted by Crippen LogP contribution is -2.48. The van der Waals surface area contributed by atoms with Gasteiger partial charge in [-0.2, -0.15) is 17.5 Å². The largest absolute Gasteiger partial charge is 0.493 e. The van der Waals surface area contributed by atoms with Crippen molar-refractivity contribution >= 4 is 10.0 Å². The molecule has 0 aliphatic carbocycles. The average Bonchev–Trinajstić information content (AvgIpc) is 3.24. The van der Waals surface area contributed by atoms with E-state index < -0.39 is 21.8 Å². The van der Waals surface area contributed by atoms with Gasteiger partial charge in [0, 0.05) is 38.8 Å². The third-order valence-electron chi connectivity index (χ3n) is 5.38. The van der Waals surface area contributed by atoms with Crippen LogP contribution in [0.5, 0.6) is 17.2 Å². The molecule has 0 atom stereocenters. The molecule has 0 spiro atoms. The highest BCUT2D eigenvalue weighted by atomic mass is 32.2. The zero-order chi connectivity index (χ0) is 22.8. The van der Waals surface area contributed by atoms with Gasteiger partial charge in [0.05, 0.1) is 17.1 Å². The van der Waals surface area contributed by atoms with Gasteiger partial charge in [0.1, 0.15) is 5.75 Å². The van der Waals surface area contributed by atoms with Gasteiger partial charge in [0.25, 0.3) is 0 Å². The molecule has 11 heteroatoms. The number of halogens is 3. The Morgan fingerprint density at radius 1 is 0.938 bits per heavy atom. The van der Waals surface area contributed by atoms with Gasteiger partial charge in [-0.15, -0.1) is 0 Å². The summed E-state index contributed by atoms with van der Waals surface area (Å²) < 4.78 is 81.2. The predicted molar refractivity (Wildman–Crippen MR) is 109 cm³/mol. The number of alkyl halides is 3. The molecule has 0 radical (unpaired) electrons. The van der Waals surface area contributed by atoms with Gasteiger partial charge in [-0.25, -0.2) is 8.42 Å². The lowest BCUT2D eigenvalue weighted by atomic mass is 10.2. The van der Waals surface area contributed by atoms with Crippen molar-refractivity contribution in [2.75, 3.05) is 46.1 Å². The molecule has 1 fully saturated rings. The van der Waals surface area contributed by atoms with E-state index in [2.05, 4.69) is 4.90 Å². The summed E-state index contributed by atoms with van der Waals surface area (Å²) in [5.74, 6) is 2.05. The maximum absolute atomic E-state index is 12.7. The molecule has 2 aliphatic rings. The second-order valence-electron chi connectivity index (χ2n) is 7.48. The van der Waals surface area contributed by atoms with Crippen molar-refractivity contribution in [3.63, 3.8) is 0 Å². The van der Waals surface area contributed by atoms with E-state index in [0.717, 1.165) is 37.2 Å². The first-order valence-electron chi connectivity index (χ1n) is 10.2. The van der Waals surface area contributed by atoms with Crippen LogP contribution in [0.25, 0.3) is 0 Å². The zero-order valence-corrected chi connectivity index (χ0v) is 18.0. The minimum Gasteiger partial charge on any atom is -0.493 e. The molecule has 2 aromatic rings. The molecular formula is C21H23F3N2O5S. The van der Waals surface area contributed by atoms with Crippen molar-refractivity contribution in [3.05, 3.63) is 48.0 Å². The minimum atomic E-state index is -4.50. The fourth-order valence-electron chi connectivity index (χ4n) is 3.60. The van der Waals surface area contributed by atoms with Crippen molar-refractivity contribution < 1.29 is 35.8 Å². The number of rotatable bonds is 7. The summed E-state index contributed by atoms with van der Waals surface area (Å²) in [6.07, 6.45) is -3.74. The van der Waals surface area contributed by atoms with Gasteiger partial charge >= 0.3 is 6.18 Å². The molecule has 2 aromatic carbocycles. The van der Waals surface area contributed by atoms with E-state index in [1.54, 1.807) is 12.1 Å². The number of benzene rings is 2. The number of piperazine rings is 1. The van der Waals surface area contributed by atoms with Crippen LogP contribution in [-0.4, -0.2) is 63.7 Å². The third-order valence-corrected chi connectivity index (χ3v) is 7.29. The van der Waals surface area contributed by atoms with Crippen LogP contribution >= 0.6 is 0 Å². The van der Waals surface area contributed by atoms with Crippen LogP contribution in [0.3, 0.4) is 0 Å². The summed E-state index contributed by atoms with van der Waals surface area (Å²) in [6, 6.07) is 9.02. The predicted octanol–water partition coefficient (Wildman–Crippen LogP) is 3.21. The van der Waals surface area contributed by atoms with E-state index in [4.69, 9.17) is 14.2 Å². The molecule has 0 unspecified atom stereocenters. The fourth-order valence-corrected chi connectivity index (χ4v) is 5.03. The van der Waals surface area contributed by atoms with Gasteiger partial charge in [-0.05, 0) is 42.8 Å². The van der Waals surface area contributed by atoms with E-state index in [0.29, 0.717) is 36.9 Å². The molecule has 0 bridgehead atoms. The van der Waals surface area contributed by atoms with Crippen molar-refractivity contribution in [3.8, 4) is 17.2 Å². The first kappa shape index (κ1) is 22.7. The molecule has 0 saturated carbocycles. The maximum Gasteiger partial charge on any atom is 0.416 e. The quantitative estimate of drug-likeness (QED) is 0.577. The summed E-state index contributed by atoms with van der Waals surface area (Å²) >= 11 is 0. The van der Waals surface area contributed by atoms with E-state index in [9.17, 15) is 21.6 Å². The van der Waals surface area contributed by atoms with Gasteiger partial charge in [0.15, 0.2) is 11.5 Å². The molecule has 2 aliphatic heterocycles. The molecular weight excluding hydrogens is 449 g/mol. The number of hydrogen-bond acceptors (Lipinski definition) is 6. The molecule has 2 heterocycles. The smallest absolute Gasteiger partial charge is 0.416 e. The van der Waals surface area contributed by atoms with Crippen molar-refractivity contribution in [1.82, 2.24) is 9.21 Å². The second-order valence-corrected chi connectivity index (χ2v) is 9.42. The zero-order valence-electron chi connectivity index (χ0n) is 17.2. The van der Waals surface area contributed by atoms with Gasteiger partial charge in [-0.1, -0.05) is 0 Å². The summed E-state index contributed by atoms with van der Waals surface area (Å²) in [4.78, 5) is 2.01. The van der Waals surface area contributed by atoms with Gasteiger partial charge in [0.2, 0.25) is 16.8 Å². The van der Waals surface area contributed by atoms with E-state index in [1.165, 1.54) is 4.31 Å². The van der Waals surface area contributed by atoms with E-state index in [1.807, 2.05) is 6.07 Å². The maximum atomic E-state index is 12.7. The Morgan fingerprint density at radius 3 is 2.31 bits per heavy atom. The van der Waals surface area contributed by atoms with Crippen molar-refractivity contribution in [2.45, 2.75) is 17.5 Å². The standard InChI is InChI=1S/C21H23F3N2O5S/c22-21(23,24)16-2-5-18(6-3-16)32(27,28)26-11-9-25(10-12-26)8-1-13-29-17-4-7-19-20(14-17)31-15-30-19/h2-7,14H,1,8-13,15H2. The molecule has 0 aromatic heterocycles. The fraction of sp³-hybridized carbons (Fsp3) is 0.429. The number of ether oxygens (including phenoxy) is 3. The Morgan fingerprint density at radius 2 is 1.62 bits per heavy atom. The van der Waals surface area contributed by atoms with Crippen LogP contribution in [0.2, 0.25) is 0 Å². The Balaban J connectivity index is 1.22. The highest BCUT2D eigenvalue weighted by molar-refractivity contribution is 7.89. The summed E-state index contributed by atoms with van der Waals surface area (Å²) in [7, 11) is -3.82. The normalized spacial score (nSPS) is 17.5. The first-order valence-corrected chi connectivity index (χ1v) is 11.6. The van der Waals surface area contributed by atoms with Gasteiger partial charge in [-0.3, -0.25) is 0 Å². The second kappa shape index (κ2) is 9.16. The molecule has 1 saturated heterocycles. The molecule has 0 amide bonds. The molecule has 4 rings (SSSR count).